The van der Waals surface area contributed by atoms with Crippen molar-refractivity contribution in [3.63, 3.8) is 0 Å². The van der Waals surface area contributed by atoms with E-state index in [1.165, 1.54) is 0 Å². The molecule has 1 aromatic rings. The highest BCUT2D eigenvalue weighted by Gasteiger charge is 2.01. The van der Waals surface area contributed by atoms with Gasteiger partial charge < -0.3 is 15.2 Å². The maximum atomic E-state index is 11.3. The van der Waals surface area contributed by atoms with Crippen LogP contribution in [0.15, 0.2) is 12.4 Å². The summed E-state index contributed by atoms with van der Waals surface area (Å²) >= 11 is 0. The Kier molecular flexibility index (Phi) is 5.56. The van der Waals surface area contributed by atoms with Crippen LogP contribution in [0.5, 0.6) is 0 Å². The molecule has 5 nitrogen and oxygen atoms in total. The maximum Gasteiger partial charge on any atom is 0.233 e. The van der Waals surface area contributed by atoms with Gasteiger partial charge in [0, 0.05) is 26.0 Å². The molecule has 0 aliphatic heterocycles. The lowest BCUT2D eigenvalue weighted by atomic mass is 10.3. The molecule has 5 heteroatoms. The summed E-state index contributed by atoms with van der Waals surface area (Å²) in [5.74, 6) is 0.976. The summed E-state index contributed by atoms with van der Waals surface area (Å²) in [4.78, 5) is 15.5. The van der Waals surface area contributed by atoms with Crippen molar-refractivity contribution in [1.82, 2.24) is 20.2 Å². The van der Waals surface area contributed by atoms with Gasteiger partial charge in [0.2, 0.25) is 5.91 Å². The zero-order chi connectivity index (χ0) is 11.8. The maximum absolute atomic E-state index is 11.3. The average Bonchev–Trinajstić information content (AvgIpc) is 2.65. The number of imidazole rings is 1. The van der Waals surface area contributed by atoms with Crippen molar-refractivity contribution < 1.29 is 4.79 Å². The van der Waals surface area contributed by atoms with E-state index < -0.39 is 0 Å². The predicted molar refractivity (Wildman–Crippen MR) is 62.8 cm³/mol. The van der Waals surface area contributed by atoms with E-state index in [-0.39, 0.29) is 5.91 Å². The molecule has 2 N–H and O–H groups in total. The molecule has 1 amide bonds. The third-order valence-electron chi connectivity index (χ3n) is 2.34. The molecule has 0 atom stereocenters. The van der Waals surface area contributed by atoms with Gasteiger partial charge >= 0.3 is 0 Å². The molecule has 0 saturated heterocycles. The number of carbonyl (C=O) groups is 1. The predicted octanol–water partition coefficient (Wildman–Crippen LogP) is 0.426. The van der Waals surface area contributed by atoms with Gasteiger partial charge in [-0.3, -0.25) is 4.79 Å². The van der Waals surface area contributed by atoms with Crippen LogP contribution in [0, 0.1) is 0 Å². The fourth-order valence-corrected chi connectivity index (χ4v) is 1.32. The number of aryl methyl sites for hydroxylation is 1. The number of carbonyl (C=O) groups excluding carboxylic acids is 1. The number of unbranched alkanes of at least 4 members (excludes halogenated alkanes) is 1. The SMILES string of the molecule is CCCCNC(=O)CNCc1nccn1C. The fraction of sp³-hybridized carbons (Fsp3) is 0.636. The molecule has 0 bridgehead atoms. The highest BCUT2D eigenvalue weighted by molar-refractivity contribution is 5.77. The minimum absolute atomic E-state index is 0.0441. The van der Waals surface area contributed by atoms with Crippen LogP contribution in [-0.4, -0.2) is 28.5 Å². The summed E-state index contributed by atoms with van der Waals surface area (Å²) in [6, 6.07) is 0. The normalized spacial score (nSPS) is 10.4. The topological polar surface area (TPSA) is 59.0 Å². The van der Waals surface area contributed by atoms with Gasteiger partial charge in [0.05, 0.1) is 13.1 Å². The van der Waals surface area contributed by atoms with Gasteiger partial charge in [0.15, 0.2) is 0 Å². The Morgan fingerprint density at radius 1 is 1.56 bits per heavy atom. The van der Waals surface area contributed by atoms with Crippen LogP contribution >= 0.6 is 0 Å². The van der Waals surface area contributed by atoms with E-state index in [9.17, 15) is 4.79 Å². The third kappa shape index (κ3) is 4.44. The van der Waals surface area contributed by atoms with Crippen molar-refractivity contribution in [2.45, 2.75) is 26.3 Å². The Morgan fingerprint density at radius 2 is 2.38 bits per heavy atom. The quantitative estimate of drug-likeness (QED) is 0.660. The molecule has 0 aliphatic rings. The second-order valence-electron chi connectivity index (χ2n) is 3.76. The number of hydrogen-bond acceptors (Lipinski definition) is 3. The zero-order valence-electron chi connectivity index (χ0n) is 9.99. The van der Waals surface area contributed by atoms with Crippen molar-refractivity contribution in [2.75, 3.05) is 13.1 Å². The van der Waals surface area contributed by atoms with Gasteiger partial charge in [-0.25, -0.2) is 4.98 Å². The summed E-state index contributed by atoms with van der Waals surface area (Å²) < 4.78 is 1.93. The first-order chi connectivity index (χ1) is 7.74. The van der Waals surface area contributed by atoms with Crippen molar-refractivity contribution in [3.8, 4) is 0 Å². The highest BCUT2D eigenvalue weighted by atomic mass is 16.1. The van der Waals surface area contributed by atoms with Gasteiger partial charge in [0.1, 0.15) is 5.82 Å². The molecule has 0 aliphatic carbocycles. The van der Waals surface area contributed by atoms with Crippen molar-refractivity contribution in [1.29, 1.82) is 0 Å². The fourth-order valence-electron chi connectivity index (χ4n) is 1.32. The van der Waals surface area contributed by atoms with E-state index in [1.54, 1.807) is 6.20 Å². The average molecular weight is 224 g/mol. The summed E-state index contributed by atoms with van der Waals surface area (Å²) in [5, 5.41) is 5.91. The van der Waals surface area contributed by atoms with Crippen LogP contribution in [0.1, 0.15) is 25.6 Å². The second-order valence-corrected chi connectivity index (χ2v) is 3.76. The van der Waals surface area contributed by atoms with E-state index in [1.807, 2.05) is 17.8 Å². The first-order valence-corrected chi connectivity index (χ1v) is 5.67. The van der Waals surface area contributed by atoms with Crippen molar-refractivity contribution >= 4 is 5.91 Å². The Labute approximate surface area is 96.3 Å². The first-order valence-electron chi connectivity index (χ1n) is 5.67. The molecule has 16 heavy (non-hydrogen) atoms. The summed E-state index contributed by atoms with van der Waals surface area (Å²) in [7, 11) is 1.94. The lowest BCUT2D eigenvalue weighted by Crippen LogP contribution is -2.34. The molecule has 1 aromatic heterocycles. The minimum atomic E-state index is 0.0441. The van der Waals surface area contributed by atoms with Gasteiger partial charge in [-0.15, -0.1) is 0 Å². The molecule has 0 aromatic carbocycles. The van der Waals surface area contributed by atoms with Crippen molar-refractivity contribution in [2.24, 2.45) is 7.05 Å². The van der Waals surface area contributed by atoms with Crippen molar-refractivity contribution in [3.05, 3.63) is 18.2 Å². The smallest absolute Gasteiger partial charge is 0.233 e. The molecule has 0 spiro atoms. The van der Waals surface area contributed by atoms with Crippen LogP contribution in [-0.2, 0) is 18.4 Å². The molecule has 0 unspecified atom stereocenters. The van der Waals surface area contributed by atoms with E-state index >= 15 is 0 Å². The van der Waals surface area contributed by atoms with Crippen LogP contribution < -0.4 is 10.6 Å². The Hall–Kier alpha value is -1.36. The highest BCUT2D eigenvalue weighted by Crippen LogP contribution is 1.92. The van der Waals surface area contributed by atoms with Gasteiger partial charge in [-0.2, -0.15) is 0 Å². The lowest BCUT2D eigenvalue weighted by Gasteiger charge is -2.06. The van der Waals surface area contributed by atoms with Crippen LogP contribution in [0.25, 0.3) is 0 Å². The van der Waals surface area contributed by atoms with Crippen LogP contribution in [0.2, 0.25) is 0 Å². The number of amides is 1. The van der Waals surface area contributed by atoms with Gasteiger partial charge in [0.25, 0.3) is 0 Å². The Balaban J connectivity index is 2.11. The molecule has 1 heterocycles. The van der Waals surface area contributed by atoms with Crippen LogP contribution in [0.4, 0.5) is 0 Å². The molecular formula is C11H20N4O. The largest absolute Gasteiger partial charge is 0.355 e. The van der Waals surface area contributed by atoms with E-state index in [0.717, 1.165) is 25.2 Å². The molecule has 0 saturated carbocycles. The molecule has 0 radical (unpaired) electrons. The van der Waals surface area contributed by atoms with E-state index in [4.69, 9.17) is 0 Å². The molecule has 1 rings (SSSR count). The molecule has 90 valence electrons. The number of aromatic nitrogens is 2. The van der Waals surface area contributed by atoms with Gasteiger partial charge in [-0.05, 0) is 6.42 Å². The Bertz CT molecular complexity index is 322. The van der Waals surface area contributed by atoms with Crippen LogP contribution in [0.3, 0.4) is 0 Å². The second kappa shape index (κ2) is 7.00. The van der Waals surface area contributed by atoms with E-state index in [0.29, 0.717) is 13.1 Å². The number of hydrogen-bond donors (Lipinski definition) is 2. The van der Waals surface area contributed by atoms with Gasteiger partial charge in [-0.1, -0.05) is 13.3 Å². The third-order valence-corrected chi connectivity index (χ3v) is 2.34. The minimum Gasteiger partial charge on any atom is -0.355 e. The monoisotopic (exact) mass is 224 g/mol. The van der Waals surface area contributed by atoms with E-state index in [2.05, 4.69) is 22.5 Å². The Morgan fingerprint density at radius 3 is 3.00 bits per heavy atom. The summed E-state index contributed by atoms with van der Waals surface area (Å²) in [6.07, 6.45) is 5.77. The zero-order valence-corrected chi connectivity index (χ0v) is 9.99. The molecular weight excluding hydrogens is 204 g/mol. The standard InChI is InChI=1S/C11H20N4O/c1-3-4-5-14-11(16)9-12-8-10-13-6-7-15(10)2/h6-7,12H,3-5,8-9H2,1-2H3,(H,14,16). The summed E-state index contributed by atoms with van der Waals surface area (Å²) in [5.41, 5.74) is 0. The number of rotatable bonds is 7. The first kappa shape index (κ1) is 12.7. The molecule has 0 fully saturated rings. The number of nitrogens with one attached hydrogen (secondary N) is 2. The lowest BCUT2D eigenvalue weighted by molar-refractivity contribution is -0.120. The number of nitrogens with zero attached hydrogens (tertiary/aromatic N) is 2. The summed E-state index contributed by atoms with van der Waals surface area (Å²) in [6.45, 7) is 3.83.